The molecule has 0 spiro atoms. The minimum absolute atomic E-state index is 0.0961. The number of piperidine rings is 1. The molecule has 2 heterocycles. The minimum atomic E-state index is -0.403. The van der Waals surface area contributed by atoms with E-state index in [1.807, 2.05) is 4.90 Å². The summed E-state index contributed by atoms with van der Waals surface area (Å²) in [4.78, 5) is 16.7. The Hall–Kier alpha value is -0.870. The van der Waals surface area contributed by atoms with Gasteiger partial charge in [-0.3, -0.25) is 9.69 Å². The van der Waals surface area contributed by atoms with E-state index in [0.717, 1.165) is 19.5 Å². The van der Waals surface area contributed by atoms with E-state index in [-0.39, 0.29) is 5.91 Å². The number of carbonyl (C=O) groups excluding carboxylic acids is 1. The number of likely N-dealkylation sites (tertiary alicyclic amines) is 2. The lowest BCUT2D eigenvalue weighted by Crippen LogP contribution is -2.52. The highest BCUT2D eigenvalue weighted by molar-refractivity contribution is 5.82. The van der Waals surface area contributed by atoms with Gasteiger partial charge in [0.25, 0.3) is 0 Å². The molecule has 2 N–H and O–H groups in total. The molecule has 0 aromatic heterocycles. The Labute approximate surface area is 110 Å². The molecule has 0 aliphatic carbocycles. The molecule has 2 aliphatic heterocycles. The van der Waals surface area contributed by atoms with E-state index in [1.165, 1.54) is 32.4 Å². The lowest BCUT2D eigenvalue weighted by atomic mass is 10.0. The van der Waals surface area contributed by atoms with E-state index < -0.39 is 6.04 Å². The van der Waals surface area contributed by atoms with Gasteiger partial charge in [-0.25, -0.2) is 0 Å². The normalized spacial score (nSPS) is 27.2. The van der Waals surface area contributed by atoms with Gasteiger partial charge in [-0.05, 0) is 45.2 Å². The third-order valence-electron chi connectivity index (χ3n) is 4.10. The second-order valence-corrected chi connectivity index (χ2v) is 5.45. The van der Waals surface area contributed by atoms with Crippen LogP contribution < -0.4 is 5.73 Å². The number of rotatable bonds is 4. The average molecular weight is 251 g/mol. The molecule has 0 bridgehead atoms. The fourth-order valence-electron chi connectivity index (χ4n) is 3.07. The highest BCUT2D eigenvalue weighted by atomic mass is 16.2. The zero-order valence-corrected chi connectivity index (χ0v) is 11.2. The van der Waals surface area contributed by atoms with Crippen molar-refractivity contribution < 1.29 is 4.79 Å². The summed E-state index contributed by atoms with van der Waals surface area (Å²) >= 11 is 0. The van der Waals surface area contributed by atoms with Crippen molar-refractivity contribution in [3.63, 3.8) is 0 Å². The molecule has 2 saturated heterocycles. The summed E-state index contributed by atoms with van der Waals surface area (Å²) in [5, 5.41) is 0. The van der Waals surface area contributed by atoms with Crippen molar-refractivity contribution in [3.05, 3.63) is 12.7 Å². The van der Waals surface area contributed by atoms with Crippen molar-refractivity contribution in [2.45, 2.75) is 44.2 Å². The molecular formula is C14H25N3O. The van der Waals surface area contributed by atoms with Crippen LogP contribution >= 0.6 is 0 Å². The SMILES string of the molecule is C=CCC(N)C(=O)N1CCCC(N2CCCC2)C1. The number of amides is 1. The topological polar surface area (TPSA) is 49.6 Å². The van der Waals surface area contributed by atoms with E-state index in [1.54, 1.807) is 6.08 Å². The van der Waals surface area contributed by atoms with Crippen LogP contribution in [0.4, 0.5) is 0 Å². The summed E-state index contributed by atoms with van der Waals surface area (Å²) in [6.07, 6.45) is 7.24. The zero-order valence-electron chi connectivity index (χ0n) is 11.2. The Morgan fingerprint density at radius 3 is 2.72 bits per heavy atom. The van der Waals surface area contributed by atoms with Crippen molar-refractivity contribution >= 4 is 5.91 Å². The van der Waals surface area contributed by atoms with E-state index in [4.69, 9.17) is 5.73 Å². The second kappa shape index (κ2) is 6.34. The lowest BCUT2D eigenvalue weighted by Gasteiger charge is -2.38. The molecule has 2 fully saturated rings. The molecular weight excluding hydrogens is 226 g/mol. The van der Waals surface area contributed by atoms with E-state index in [2.05, 4.69) is 11.5 Å². The van der Waals surface area contributed by atoms with Crippen LogP contribution in [0.5, 0.6) is 0 Å². The van der Waals surface area contributed by atoms with Crippen LogP contribution in [0.3, 0.4) is 0 Å². The van der Waals surface area contributed by atoms with Crippen molar-refractivity contribution in [2.24, 2.45) is 5.73 Å². The maximum atomic E-state index is 12.2. The maximum absolute atomic E-state index is 12.2. The van der Waals surface area contributed by atoms with Gasteiger partial charge >= 0.3 is 0 Å². The molecule has 4 nitrogen and oxygen atoms in total. The number of nitrogens with two attached hydrogens (primary N) is 1. The van der Waals surface area contributed by atoms with Gasteiger partial charge in [0.15, 0.2) is 0 Å². The van der Waals surface area contributed by atoms with Crippen LogP contribution in [-0.4, -0.2) is 54.0 Å². The number of hydrogen-bond donors (Lipinski definition) is 1. The predicted molar refractivity (Wildman–Crippen MR) is 73.2 cm³/mol. The third kappa shape index (κ3) is 3.12. The largest absolute Gasteiger partial charge is 0.340 e. The quantitative estimate of drug-likeness (QED) is 0.758. The molecule has 2 aliphatic rings. The molecule has 4 heteroatoms. The Morgan fingerprint density at radius 1 is 1.33 bits per heavy atom. The fraction of sp³-hybridized carbons (Fsp3) is 0.786. The Balaban J connectivity index is 1.89. The van der Waals surface area contributed by atoms with Crippen LogP contribution in [0.2, 0.25) is 0 Å². The van der Waals surface area contributed by atoms with Gasteiger partial charge in [-0.15, -0.1) is 6.58 Å². The number of carbonyl (C=O) groups is 1. The summed E-state index contributed by atoms with van der Waals surface area (Å²) in [5.41, 5.74) is 5.88. The predicted octanol–water partition coefficient (Wildman–Crippen LogP) is 0.977. The monoisotopic (exact) mass is 251 g/mol. The van der Waals surface area contributed by atoms with Gasteiger partial charge in [0, 0.05) is 19.1 Å². The molecule has 0 aromatic rings. The first kappa shape index (κ1) is 13.6. The molecule has 18 heavy (non-hydrogen) atoms. The first-order valence-electron chi connectivity index (χ1n) is 7.11. The van der Waals surface area contributed by atoms with Crippen molar-refractivity contribution in [2.75, 3.05) is 26.2 Å². The van der Waals surface area contributed by atoms with E-state index >= 15 is 0 Å². The van der Waals surface area contributed by atoms with Gasteiger partial charge in [0.2, 0.25) is 5.91 Å². The minimum Gasteiger partial charge on any atom is -0.340 e. The molecule has 1 amide bonds. The van der Waals surface area contributed by atoms with Gasteiger partial charge < -0.3 is 10.6 Å². The number of hydrogen-bond acceptors (Lipinski definition) is 3. The Morgan fingerprint density at radius 2 is 2.06 bits per heavy atom. The summed E-state index contributed by atoms with van der Waals surface area (Å²) in [5.74, 6) is 0.0961. The molecule has 0 radical (unpaired) electrons. The summed E-state index contributed by atoms with van der Waals surface area (Å²) in [7, 11) is 0. The maximum Gasteiger partial charge on any atom is 0.239 e. The van der Waals surface area contributed by atoms with Gasteiger partial charge in [0.05, 0.1) is 6.04 Å². The first-order valence-corrected chi connectivity index (χ1v) is 7.11. The first-order chi connectivity index (χ1) is 8.72. The van der Waals surface area contributed by atoms with Crippen molar-refractivity contribution in [3.8, 4) is 0 Å². The van der Waals surface area contributed by atoms with E-state index in [9.17, 15) is 4.79 Å². The van der Waals surface area contributed by atoms with Gasteiger partial charge in [-0.1, -0.05) is 6.08 Å². The molecule has 2 unspecified atom stereocenters. The summed E-state index contributed by atoms with van der Waals surface area (Å²) in [6.45, 7) is 7.78. The van der Waals surface area contributed by atoms with Crippen LogP contribution in [0.25, 0.3) is 0 Å². The standard InChI is InChI=1S/C14H25N3O/c1-2-6-13(15)14(18)17-10-5-7-12(11-17)16-8-3-4-9-16/h2,12-13H,1,3-11,15H2. The summed E-state index contributed by atoms with van der Waals surface area (Å²) in [6, 6.07) is 0.154. The highest BCUT2D eigenvalue weighted by Crippen LogP contribution is 2.20. The average Bonchev–Trinajstić information content (AvgIpc) is 2.92. The fourth-order valence-corrected chi connectivity index (χ4v) is 3.07. The smallest absolute Gasteiger partial charge is 0.239 e. The van der Waals surface area contributed by atoms with E-state index in [0.29, 0.717) is 12.5 Å². The second-order valence-electron chi connectivity index (χ2n) is 5.45. The zero-order chi connectivity index (χ0) is 13.0. The molecule has 2 atom stereocenters. The Bertz CT molecular complexity index is 299. The number of nitrogens with zero attached hydrogens (tertiary/aromatic N) is 2. The van der Waals surface area contributed by atoms with Gasteiger partial charge in [-0.2, -0.15) is 0 Å². The van der Waals surface area contributed by atoms with Gasteiger partial charge in [0.1, 0.15) is 0 Å². The molecule has 0 saturated carbocycles. The lowest BCUT2D eigenvalue weighted by molar-refractivity contribution is -0.134. The van der Waals surface area contributed by atoms with Crippen molar-refractivity contribution in [1.82, 2.24) is 9.80 Å². The third-order valence-corrected chi connectivity index (χ3v) is 4.10. The van der Waals surface area contributed by atoms with Crippen LogP contribution in [0.1, 0.15) is 32.1 Å². The highest BCUT2D eigenvalue weighted by Gasteiger charge is 2.30. The molecule has 0 aromatic carbocycles. The van der Waals surface area contributed by atoms with Crippen LogP contribution in [-0.2, 0) is 4.79 Å². The van der Waals surface area contributed by atoms with Crippen LogP contribution in [0.15, 0.2) is 12.7 Å². The Kier molecular flexibility index (Phi) is 4.78. The molecule has 2 rings (SSSR count). The van der Waals surface area contributed by atoms with Crippen molar-refractivity contribution in [1.29, 1.82) is 0 Å². The van der Waals surface area contributed by atoms with Crippen LogP contribution in [0, 0.1) is 0 Å². The molecule has 102 valence electrons. The summed E-state index contributed by atoms with van der Waals surface area (Å²) < 4.78 is 0.